The summed E-state index contributed by atoms with van der Waals surface area (Å²) >= 11 is 2.62. The second kappa shape index (κ2) is 6.41. The molecular formula is C13H16N2O3S2. The normalized spacial score (nSPS) is 12.6. The van der Waals surface area contributed by atoms with E-state index in [0.717, 1.165) is 6.42 Å². The van der Waals surface area contributed by atoms with Crippen LogP contribution in [-0.2, 0) is 16.6 Å². The molecule has 0 saturated heterocycles. The summed E-state index contributed by atoms with van der Waals surface area (Å²) in [5.74, 6) is -0.281. The highest BCUT2D eigenvalue weighted by Gasteiger charge is 2.19. The second-order valence-corrected chi connectivity index (χ2v) is 6.55. The number of thiophene rings is 1. The van der Waals surface area contributed by atoms with Crippen molar-refractivity contribution in [3.8, 4) is 0 Å². The molecule has 2 rings (SSSR count). The molecule has 1 atom stereocenters. The summed E-state index contributed by atoms with van der Waals surface area (Å²) in [5.41, 5.74) is 0.594. The third-order valence-corrected chi connectivity index (χ3v) is 4.72. The van der Waals surface area contributed by atoms with Crippen molar-refractivity contribution in [2.24, 2.45) is 7.05 Å². The maximum absolute atomic E-state index is 12.1. The van der Waals surface area contributed by atoms with Crippen molar-refractivity contribution >= 4 is 39.3 Å². The molecule has 2 heterocycles. The fourth-order valence-electron chi connectivity index (χ4n) is 1.60. The molecular weight excluding hydrogens is 296 g/mol. The average molecular weight is 312 g/mol. The van der Waals surface area contributed by atoms with Crippen molar-refractivity contribution in [1.82, 2.24) is 9.55 Å². The third kappa shape index (κ3) is 3.04. The number of carbonyl (C=O) groups is 1. The van der Waals surface area contributed by atoms with Gasteiger partial charge >= 0.3 is 5.97 Å². The predicted molar refractivity (Wildman–Crippen MR) is 81.4 cm³/mol. The Morgan fingerprint density at radius 2 is 2.35 bits per heavy atom. The minimum atomic E-state index is -0.393. The number of hydrogen-bond donors (Lipinski definition) is 0. The average Bonchev–Trinajstić information content (AvgIpc) is 2.90. The molecule has 0 radical (unpaired) electrons. The third-order valence-electron chi connectivity index (χ3n) is 2.71. The Bertz CT molecular complexity index is 678. The van der Waals surface area contributed by atoms with Gasteiger partial charge in [-0.2, -0.15) is 0 Å². The highest BCUT2D eigenvalue weighted by Crippen LogP contribution is 2.24. The Morgan fingerprint density at radius 1 is 1.60 bits per heavy atom. The minimum Gasteiger partial charge on any atom is -0.465 e. The van der Waals surface area contributed by atoms with Crippen molar-refractivity contribution in [3.05, 3.63) is 21.8 Å². The van der Waals surface area contributed by atoms with E-state index in [4.69, 9.17) is 4.74 Å². The van der Waals surface area contributed by atoms with Crippen LogP contribution in [0.1, 0.15) is 20.3 Å². The summed E-state index contributed by atoms with van der Waals surface area (Å²) in [4.78, 5) is 28.3. The quantitative estimate of drug-likeness (QED) is 0.482. The van der Waals surface area contributed by atoms with E-state index < -0.39 is 5.25 Å². The summed E-state index contributed by atoms with van der Waals surface area (Å²) < 4.78 is 7.21. The van der Waals surface area contributed by atoms with Crippen LogP contribution in [0.25, 0.3) is 10.2 Å². The first-order chi connectivity index (χ1) is 9.54. The number of esters is 1. The van der Waals surface area contributed by atoms with Gasteiger partial charge in [-0.3, -0.25) is 14.2 Å². The van der Waals surface area contributed by atoms with Gasteiger partial charge in [-0.25, -0.2) is 4.98 Å². The monoisotopic (exact) mass is 312 g/mol. The molecule has 0 N–H and O–H groups in total. The van der Waals surface area contributed by atoms with Gasteiger partial charge in [-0.1, -0.05) is 18.7 Å². The van der Waals surface area contributed by atoms with E-state index in [1.807, 2.05) is 18.4 Å². The Hall–Kier alpha value is -1.34. The van der Waals surface area contributed by atoms with Gasteiger partial charge in [0.2, 0.25) is 0 Å². The maximum atomic E-state index is 12.1. The van der Waals surface area contributed by atoms with Gasteiger partial charge in [0.05, 0.1) is 12.1 Å². The lowest BCUT2D eigenvalue weighted by Gasteiger charge is -2.12. The van der Waals surface area contributed by atoms with E-state index in [1.165, 1.54) is 27.7 Å². The first kappa shape index (κ1) is 15.1. The van der Waals surface area contributed by atoms with Gasteiger partial charge in [0.15, 0.2) is 5.16 Å². The molecule has 0 aliphatic heterocycles. The summed E-state index contributed by atoms with van der Waals surface area (Å²) in [6.45, 7) is 4.12. The number of nitrogens with zero attached hydrogens (tertiary/aromatic N) is 2. The summed E-state index contributed by atoms with van der Waals surface area (Å²) in [6.07, 6.45) is 0.792. The fraction of sp³-hybridized carbons (Fsp3) is 0.462. The van der Waals surface area contributed by atoms with Crippen molar-refractivity contribution in [2.75, 3.05) is 6.61 Å². The van der Waals surface area contributed by atoms with Crippen LogP contribution >= 0.6 is 23.1 Å². The van der Waals surface area contributed by atoms with Crippen LogP contribution in [0.4, 0.5) is 0 Å². The Labute approximate surface area is 125 Å². The summed E-state index contributed by atoms with van der Waals surface area (Å²) in [7, 11) is 1.67. The van der Waals surface area contributed by atoms with Gasteiger partial charge < -0.3 is 4.74 Å². The number of fused-ring (bicyclic) bond motifs is 1. The topological polar surface area (TPSA) is 61.2 Å². The molecule has 2 aromatic heterocycles. The molecule has 2 aromatic rings. The Morgan fingerprint density at radius 3 is 3.05 bits per heavy atom. The zero-order valence-corrected chi connectivity index (χ0v) is 13.2. The van der Waals surface area contributed by atoms with E-state index >= 15 is 0 Å². The lowest BCUT2D eigenvalue weighted by molar-refractivity contribution is -0.142. The molecule has 0 aromatic carbocycles. The van der Waals surface area contributed by atoms with Crippen LogP contribution in [0.2, 0.25) is 0 Å². The first-order valence-electron chi connectivity index (χ1n) is 6.32. The van der Waals surface area contributed by atoms with E-state index in [2.05, 4.69) is 4.98 Å². The van der Waals surface area contributed by atoms with E-state index in [1.54, 1.807) is 14.0 Å². The van der Waals surface area contributed by atoms with E-state index in [9.17, 15) is 9.59 Å². The van der Waals surface area contributed by atoms with Crippen LogP contribution in [0.5, 0.6) is 0 Å². The molecule has 1 unspecified atom stereocenters. The molecule has 0 fully saturated rings. The van der Waals surface area contributed by atoms with Gasteiger partial charge in [0, 0.05) is 7.05 Å². The number of ether oxygens (including phenoxy) is 1. The van der Waals surface area contributed by atoms with E-state index in [-0.39, 0.29) is 11.5 Å². The van der Waals surface area contributed by atoms with Crippen molar-refractivity contribution in [3.63, 3.8) is 0 Å². The zero-order chi connectivity index (χ0) is 14.7. The largest absolute Gasteiger partial charge is 0.465 e. The molecule has 0 bridgehead atoms. The predicted octanol–water partition coefficient (Wildman–Crippen LogP) is 2.43. The Kier molecular flexibility index (Phi) is 4.82. The molecule has 0 spiro atoms. The van der Waals surface area contributed by atoms with Crippen molar-refractivity contribution in [2.45, 2.75) is 30.7 Å². The molecule has 0 aliphatic rings. The minimum absolute atomic E-state index is 0.0818. The molecule has 0 saturated carbocycles. The molecule has 20 heavy (non-hydrogen) atoms. The SMILES string of the molecule is CCCOC(=O)C(C)Sc1nc2ccsc2c(=O)n1C. The zero-order valence-electron chi connectivity index (χ0n) is 11.6. The fourth-order valence-corrected chi connectivity index (χ4v) is 3.28. The smallest absolute Gasteiger partial charge is 0.319 e. The molecule has 5 nitrogen and oxygen atoms in total. The van der Waals surface area contributed by atoms with Crippen LogP contribution < -0.4 is 5.56 Å². The maximum Gasteiger partial charge on any atom is 0.319 e. The molecule has 108 valence electrons. The number of hydrogen-bond acceptors (Lipinski definition) is 6. The number of carbonyl (C=O) groups excluding carboxylic acids is 1. The highest BCUT2D eigenvalue weighted by molar-refractivity contribution is 8.00. The van der Waals surface area contributed by atoms with Crippen LogP contribution in [0.3, 0.4) is 0 Å². The molecule has 0 aliphatic carbocycles. The van der Waals surface area contributed by atoms with Gasteiger partial charge in [0.1, 0.15) is 9.95 Å². The van der Waals surface area contributed by atoms with Crippen molar-refractivity contribution < 1.29 is 9.53 Å². The number of aromatic nitrogens is 2. The van der Waals surface area contributed by atoms with Crippen LogP contribution in [-0.4, -0.2) is 27.4 Å². The van der Waals surface area contributed by atoms with Gasteiger partial charge in [0.25, 0.3) is 5.56 Å². The number of thioether (sulfide) groups is 1. The standard InChI is InChI=1S/C13H16N2O3S2/c1-4-6-18-12(17)8(2)20-13-14-9-5-7-19-10(9)11(16)15(13)3/h5,7-8H,4,6H2,1-3H3. The van der Waals surface area contributed by atoms with E-state index in [0.29, 0.717) is 22.0 Å². The lowest BCUT2D eigenvalue weighted by Crippen LogP contribution is -2.22. The van der Waals surface area contributed by atoms with Crippen LogP contribution in [0, 0.1) is 0 Å². The molecule has 0 amide bonds. The summed E-state index contributed by atoms with van der Waals surface area (Å²) in [5, 5.41) is 1.98. The summed E-state index contributed by atoms with van der Waals surface area (Å²) in [6, 6.07) is 1.81. The first-order valence-corrected chi connectivity index (χ1v) is 8.08. The van der Waals surface area contributed by atoms with Crippen molar-refractivity contribution in [1.29, 1.82) is 0 Å². The van der Waals surface area contributed by atoms with Gasteiger partial charge in [-0.15, -0.1) is 11.3 Å². The van der Waals surface area contributed by atoms with Crippen LogP contribution in [0.15, 0.2) is 21.4 Å². The second-order valence-electron chi connectivity index (χ2n) is 4.32. The lowest BCUT2D eigenvalue weighted by atomic mass is 10.5. The number of rotatable bonds is 5. The van der Waals surface area contributed by atoms with Gasteiger partial charge in [-0.05, 0) is 24.8 Å². The highest BCUT2D eigenvalue weighted by atomic mass is 32.2. The molecule has 7 heteroatoms. The Balaban J connectivity index is 2.23.